The Hall–Kier alpha value is -1.09. The normalized spacial score (nSPS) is 22.9. The molecule has 5 nitrogen and oxygen atoms in total. The number of likely N-dealkylation sites (N-methyl/N-ethyl adjacent to an activating group) is 2. The summed E-state index contributed by atoms with van der Waals surface area (Å²) in [4.78, 5) is 1.37. The van der Waals surface area contributed by atoms with Crippen LogP contribution in [0.3, 0.4) is 0 Å². The Morgan fingerprint density at radius 2 is 2.00 bits per heavy atom. The fourth-order valence-corrected chi connectivity index (χ4v) is 4.06. The van der Waals surface area contributed by atoms with Crippen LogP contribution in [-0.4, -0.2) is 64.1 Å². The van der Waals surface area contributed by atoms with Gasteiger partial charge in [-0.2, -0.15) is 4.31 Å². The molecule has 2 rings (SSSR count). The van der Waals surface area contributed by atoms with Gasteiger partial charge in [0.2, 0.25) is 10.0 Å². The maximum atomic E-state index is 14.0. The van der Waals surface area contributed by atoms with Crippen LogP contribution in [0.2, 0.25) is 0 Å². The van der Waals surface area contributed by atoms with Crippen LogP contribution in [0.1, 0.15) is 12.0 Å². The summed E-state index contributed by atoms with van der Waals surface area (Å²) in [5.74, 6) is -1.68. The van der Waals surface area contributed by atoms with Crippen molar-refractivity contribution in [3.8, 4) is 0 Å². The van der Waals surface area contributed by atoms with E-state index in [1.807, 2.05) is 11.9 Å². The second-order valence-corrected chi connectivity index (χ2v) is 8.02. The molecule has 0 spiro atoms. The number of halogens is 2. The molecule has 0 radical (unpaired) electrons. The molecule has 130 valence electrons. The molecule has 1 aromatic rings. The van der Waals surface area contributed by atoms with E-state index in [0.717, 1.165) is 16.4 Å². The third-order valence-electron chi connectivity index (χ3n) is 4.35. The minimum Gasteiger partial charge on any atom is -0.380 e. The van der Waals surface area contributed by atoms with Crippen LogP contribution in [0, 0.1) is 18.6 Å². The maximum Gasteiger partial charge on any atom is 0.245 e. The lowest BCUT2D eigenvalue weighted by Gasteiger charge is -2.25. The van der Waals surface area contributed by atoms with E-state index in [-0.39, 0.29) is 24.3 Å². The first-order valence-corrected chi connectivity index (χ1v) is 8.75. The van der Waals surface area contributed by atoms with Crippen LogP contribution < -0.4 is 0 Å². The molecule has 23 heavy (non-hydrogen) atoms. The number of hydrogen-bond donors (Lipinski definition) is 0. The van der Waals surface area contributed by atoms with Gasteiger partial charge in [-0.25, -0.2) is 17.2 Å². The second-order valence-electron chi connectivity index (χ2n) is 6.00. The highest BCUT2D eigenvalue weighted by atomic mass is 32.2. The fraction of sp³-hybridized carbons (Fsp3) is 0.600. The first-order chi connectivity index (χ1) is 10.7. The Labute approximate surface area is 135 Å². The van der Waals surface area contributed by atoms with E-state index in [1.54, 1.807) is 7.11 Å². The highest BCUT2D eigenvalue weighted by Crippen LogP contribution is 2.24. The third-order valence-corrected chi connectivity index (χ3v) is 6.19. The van der Waals surface area contributed by atoms with E-state index in [1.165, 1.54) is 14.0 Å². The first kappa shape index (κ1) is 18.3. The van der Waals surface area contributed by atoms with Crippen LogP contribution in [0.5, 0.6) is 0 Å². The van der Waals surface area contributed by atoms with Gasteiger partial charge in [-0.05, 0) is 38.1 Å². The van der Waals surface area contributed by atoms with Gasteiger partial charge in [-0.3, -0.25) is 4.90 Å². The van der Waals surface area contributed by atoms with Gasteiger partial charge >= 0.3 is 0 Å². The van der Waals surface area contributed by atoms with Gasteiger partial charge in [0.15, 0.2) is 0 Å². The van der Waals surface area contributed by atoms with Gasteiger partial charge in [0.25, 0.3) is 0 Å². The summed E-state index contributed by atoms with van der Waals surface area (Å²) in [5.41, 5.74) is 0.0718. The largest absolute Gasteiger partial charge is 0.380 e. The molecular formula is C15H22F2N2O3S. The molecule has 1 aliphatic heterocycles. The van der Waals surface area contributed by atoms with Crippen molar-refractivity contribution in [2.75, 3.05) is 34.3 Å². The van der Waals surface area contributed by atoms with Gasteiger partial charge in [0.05, 0.1) is 6.10 Å². The van der Waals surface area contributed by atoms with Crippen molar-refractivity contribution >= 4 is 10.0 Å². The SMILES string of the molecule is CO[C@H]1C[C@@H](CN(C)S(=O)(=O)c2cc(F)c(C)cc2F)N(C)C1. The zero-order chi connectivity index (χ0) is 17.4. The minimum atomic E-state index is -4.09. The molecule has 0 N–H and O–H groups in total. The molecule has 1 saturated heterocycles. The number of hydrogen-bond acceptors (Lipinski definition) is 4. The van der Waals surface area contributed by atoms with E-state index < -0.39 is 26.6 Å². The monoisotopic (exact) mass is 348 g/mol. The summed E-state index contributed by atoms with van der Waals surface area (Å²) >= 11 is 0. The molecule has 0 amide bonds. The lowest BCUT2D eigenvalue weighted by Crippen LogP contribution is -2.39. The van der Waals surface area contributed by atoms with Crippen molar-refractivity contribution in [1.82, 2.24) is 9.21 Å². The van der Waals surface area contributed by atoms with Crippen molar-refractivity contribution in [2.45, 2.75) is 30.4 Å². The van der Waals surface area contributed by atoms with Gasteiger partial charge in [-0.15, -0.1) is 0 Å². The number of ether oxygens (including phenoxy) is 1. The molecule has 1 fully saturated rings. The van der Waals surface area contributed by atoms with Crippen molar-refractivity contribution in [2.24, 2.45) is 0 Å². The number of benzene rings is 1. The summed E-state index contributed by atoms with van der Waals surface area (Å²) in [5, 5.41) is 0. The molecule has 1 aliphatic rings. The van der Waals surface area contributed by atoms with Crippen LogP contribution in [0.4, 0.5) is 8.78 Å². The topological polar surface area (TPSA) is 49.9 Å². The Morgan fingerprint density at radius 1 is 1.35 bits per heavy atom. The molecule has 1 aromatic carbocycles. The van der Waals surface area contributed by atoms with E-state index in [4.69, 9.17) is 4.74 Å². The first-order valence-electron chi connectivity index (χ1n) is 7.31. The summed E-state index contributed by atoms with van der Waals surface area (Å²) in [7, 11) is 0.784. The Balaban J connectivity index is 2.21. The average Bonchev–Trinajstić information content (AvgIpc) is 2.83. The number of sulfonamides is 1. The van der Waals surface area contributed by atoms with Crippen LogP contribution in [0.15, 0.2) is 17.0 Å². The zero-order valence-corrected chi connectivity index (χ0v) is 14.5. The maximum absolute atomic E-state index is 14.0. The predicted octanol–water partition coefficient (Wildman–Crippen LogP) is 1.61. The van der Waals surface area contributed by atoms with Crippen molar-refractivity contribution < 1.29 is 21.9 Å². The number of aryl methyl sites for hydroxylation is 1. The van der Waals surface area contributed by atoms with Crippen molar-refractivity contribution in [3.05, 3.63) is 29.3 Å². The van der Waals surface area contributed by atoms with Gasteiger partial charge in [-0.1, -0.05) is 0 Å². The minimum absolute atomic E-state index is 0.0296. The molecule has 0 aromatic heterocycles. The average molecular weight is 348 g/mol. The molecule has 1 heterocycles. The van der Waals surface area contributed by atoms with E-state index >= 15 is 0 Å². The van der Waals surface area contributed by atoms with Gasteiger partial charge in [0.1, 0.15) is 16.5 Å². The second kappa shape index (κ2) is 6.80. The third kappa shape index (κ3) is 3.71. The fourth-order valence-electron chi connectivity index (χ4n) is 2.80. The molecule has 0 saturated carbocycles. The number of methoxy groups -OCH3 is 1. The zero-order valence-electron chi connectivity index (χ0n) is 13.7. The Kier molecular flexibility index (Phi) is 5.40. The number of rotatable bonds is 5. The molecule has 8 heteroatoms. The van der Waals surface area contributed by atoms with E-state index in [0.29, 0.717) is 13.0 Å². The highest BCUT2D eigenvalue weighted by molar-refractivity contribution is 7.89. The molecule has 0 bridgehead atoms. The van der Waals surface area contributed by atoms with Crippen LogP contribution in [-0.2, 0) is 14.8 Å². The molecular weight excluding hydrogens is 326 g/mol. The number of likely N-dealkylation sites (tertiary alicyclic amines) is 1. The molecule has 0 aliphatic carbocycles. The summed E-state index contributed by atoms with van der Waals surface area (Å²) < 4.78 is 59.1. The standard InChI is InChI=1S/C15H22F2N2O3S/c1-10-5-14(17)15(7-13(10)16)23(20,21)19(3)8-11-6-12(22-4)9-18(11)2/h5,7,11-12H,6,8-9H2,1-4H3/t11-,12-/m0/s1. The Bertz CT molecular complexity index is 682. The molecule has 2 atom stereocenters. The van der Waals surface area contributed by atoms with Gasteiger partial charge in [0, 0.05) is 33.3 Å². The summed E-state index contributed by atoms with van der Waals surface area (Å²) in [6.45, 7) is 2.28. The van der Waals surface area contributed by atoms with Crippen LogP contribution in [0.25, 0.3) is 0 Å². The molecule has 0 unspecified atom stereocenters. The smallest absolute Gasteiger partial charge is 0.245 e. The summed E-state index contributed by atoms with van der Waals surface area (Å²) in [6.07, 6.45) is 0.743. The quantitative estimate of drug-likeness (QED) is 0.811. The van der Waals surface area contributed by atoms with E-state index in [2.05, 4.69) is 0 Å². The number of nitrogens with zero attached hydrogens (tertiary/aromatic N) is 2. The van der Waals surface area contributed by atoms with Gasteiger partial charge < -0.3 is 4.74 Å². The van der Waals surface area contributed by atoms with Crippen molar-refractivity contribution in [3.63, 3.8) is 0 Å². The lowest BCUT2D eigenvalue weighted by atomic mass is 10.2. The van der Waals surface area contributed by atoms with Crippen LogP contribution >= 0.6 is 0 Å². The highest BCUT2D eigenvalue weighted by Gasteiger charge is 2.34. The lowest BCUT2D eigenvalue weighted by molar-refractivity contribution is 0.111. The predicted molar refractivity (Wildman–Crippen MR) is 82.7 cm³/mol. The van der Waals surface area contributed by atoms with Crippen molar-refractivity contribution in [1.29, 1.82) is 0 Å². The van der Waals surface area contributed by atoms with E-state index in [9.17, 15) is 17.2 Å². The Morgan fingerprint density at radius 3 is 2.57 bits per heavy atom. The summed E-state index contributed by atoms with van der Waals surface area (Å²) in [6, 6.07) is 1.61.